The minimum Gasteiger partial charge on any atom is -0.477 e. The molecule has 2 atom stereocenters. The lowest BCUT2D eigenvalue weighted by atomic mass is 10.0. The van der Waals surface area contributed by atoms with Gasteiger partial charge in [0.1, 0.15) is 22.8 Å². The first-order valence-corrected chi connectivity index (χ1v) is 13.7. The summed E-state index contributed by atoms with van der Waals surface area (Å²) in [4.78, 5) is 43.0. The van der Waals surface area contributed by atoms with Crippen LogP contribution < -0.4 is 11.1 Å². The number of rotatable bonds is 10. The number of carbonyl (C=O) groups excluding carboxylic acids is 2. The Labute approximate surface area is 209 Å². The molecule has 13 nitrogen and oxygen atoms in total. The van der Waals surface area contributed by atoms with Crippen molar-refractivity contribution in [1.29, 1.82) is 0 Å². The second-order valence-corrected chi connectivity index (χ2v) is 11.4. The zero-order valence-corrected chi connectivity index (χ0v) is 20.5. The Morgan fingerprint density at radius 1 is 1.44 bits per heavy atom. The van der Waals surface area contributed by atoms with Crippen LogP contribution in [0.1, 0.15) is 11.4 Å². The number of anilines is 1. The molecule has 4 heterocycles. The monoisotopic (exact) mass is 542 g/mol. The highest BCUT2D eigenvalue weighted by Gasteiger charge is 2.54. The molecule has 2 aromatic rings. The number of hydrogen-bond acceptors (Lipinski definition) is 13. The van der Waals surface area contributed by atoms with Gasteiger partial charge in [-0.25, -0.2) is 9.78 Å². The van der Waals surface area contributed by atoms with Gasteiger partial charge in [0.15, 0.2) is 10.8 Å². The second kappa shape index (κ2) is 10.7. The summed E-state index contributed by atoms with van der Waals surface area (Å²) in [6.07, 6.45) is 2.39. The van der Waals surface area contributed by atoms with Crippen LogP contribution >= 0.6 is 46.6 Å². The van der Waals surface area contributed by atoms with Crippen molar-refractivity contribution in [3.8, 4) is 0 Å². The second-order valence-electron chi connectivity index (χ2n) is 6.84. The molecule has 0 spiro atoms. The van der Waals surface area contributed by atoms with E-state index in [1.807, 2.05) is 0 Å². The quantitative estimate of drug-likeness (QED) is 0.0691. The number of nitrogens with zero attached hydrogens (tertiary/aromatic N) is 5. The van der Waals surface area contributed by atoms with Crippen molar-refractivity contribution in [3.63, 3.8) is 0 Å². The molecule has 2 amide bonds. The van der Waals surface area contributed by atoms with Crippen molar-refractivity contribution < 1.29 is 24.7 Å². The average molecular weight is 543 g/mol. The van der Waals surface area contributed by atoms with E-state index in [1.54, 1.807) is 18.0 Å². The van der Waals surface area contributed by atoms with E-state index in [0.717, 1.165) is 29.2 Å². The molecule has 0 saturated carbocycles. The van der Waals surface area contributed by atoms with Crippen LogP contribution in [0.4, 0.5) is 5.13 Å². The zero-order chi connectivity index (χ0) is 24.2. The minimum absolute atomic E-state index is 0.0651. The lowest BCUT2D eigenvalue weighted by Gasteiger charge is -2.49. The number of nitrogen functional groups attached to an aromatic ring is 1. The summed E-state index contributed by atoms with van der Waals surface area (Å²) in [5.74, 6) is -1.37. The summed E-state index contributed by atoms with van der Waals surface area (Å²) >= 11 is 5.43. The summed E-state index contributed by atoms with van der Waals surface area (Å²) in [6.45, 7) is 0. The minimum atomic E-state index is -1.20. The third-order valence-electron chi connectivity index (χ3n) is 4.79. The van der Waals surface area contributed by atoms with E-state index >= 15 is 0 Å². The van der Waals surface area contributed by atoms with Gasteiger partial charge in [0.2, 0.25) is 0 Å². The number of thiazole rings is 1. The van der Waals surface area contributed by atoms with Gasteiger partial charge in [-0.1, -0.05) is 5.16 Å². The average Bonchev–Trinajstić information content (AvgIpc) is 3.49. The van der Waals surface area contributed by atoms with Gasteiger partial charge in [-0.15, -0.1) is 34.9 Å². The van der Waals surface area contributed by atoms with Crippen LogP contribution in [0.3, 0.4) is 0 Å². The summed E-state index contributed by atoms with van der Waals surface area (Å²) in [6, 6.07) is -0.956. The topological polar surface area (TPSA) is 200 Å². The van der Waals surface area contributed by atoms with E-state index < -0.39 is 29.2 Å². The van der Waals surface area contributed by atoms with Crippen LogP contribution in [-0.4, -0.2) is 87.1 Å². The number of H-pyrrole nitrogens is 1. The molecule has 2 aliphatic heterocycles. The largest absolute Gasteiger partial charge is 0.477 e. The van der Waals surface area contributed by atoms with Crippen molar-refractivity contribution in [1.82, 2.24) is 30.6 Å². The Kier molecular flexibility index (Phi) is 7.64. The van der Waals surface area contributed by atoms with Crippen molar-refractivity contribution in [3.05, 3.63) is 33.6 Å². The number of β-lactam (4-membered cyclic amide) rings is 1. The Morgan fingerprint density at radius 2 is 2.26 bits per heavy atom. The fraction of sp³-hybridized carbons (Fsp3) is 0.353. The number of nitrogens with one attached hydrogen (secondary N) is 2. The Balaban J connectivity index is 1.37. The van der Waals surface area contributed by atoms with E-state index in [-0.39, 0.29) is 22.2 Å². The molecule has 0 bridgehead atoms. The summed E-state index contributed by atoms with van der Waals surface area (Å²) < 4.78 is 0. The maximum atomic E-state index is 12.8. The van der Waals surface area contributed by atoms with Gasteiger partial charge >= 0.3 is 5.97 Å². The fourth-order valence-electron chi connectivity index (χ4n) is 3.21. The SMILES string of the molecule is Nc1nc(/C(=N/O)C(=O)N[C@@H]2C(=O)N3C(C(=O)O)=C(SCSCCc4cn[nH]n4)CS[C@H]23)cs1. The van der Waals surface area contributed by atoms with E-state index in [0.29, 0.717) is 15.7 Å². The number of hydrogen-bond donors (Lipinski definition) is 5. The molecule has 2 aliphatic rings. The zero-order valence-electron chi connectivity index (χ0n) is 17.2. The van der Waals surface area contributed by atoms with Gasteiger partial charge in [0, 0.05) is 27.5 Å². The van der Waals surface area contributed by atoms with Crippen molar-refractivity contribution in [2.45, 2.75) is 17.8 Å². The number of aromatic nitrogens is 4. The van der Waals surface area contributed by atoms with Crippen LogP contribution in [0.2, 0.25) is 0 Å². The summed E-state index contributed by atoms with van der Waals surface area (Å²) in [5.41, 5.74) is 6.04. The number of carboxylic acids is 1. The van der Waals surface area contributed by atoms with Crippen molar-refractivity contribution in [2.75, 3.05) is 22.3 Å². The van der Waals surface area contributed by atoms with E-state index in [2.05, 4.69) is 30.9 Å². The van der Waals surface area contributed by atoms with E-state index in [1.165, 1.54) is 33.8 Å². The van der Waals surface area contributed by atoms with Gasteiger partial charge in [0.25, 0.3) is 11.8 Å². The predicted molar refractivity (Wildman–Crippen MR) is 130 cm³/mol. The van der Waals surface area contributed by atoms with Crippen LogP contribution in [0, 0.1) is 0 Å². The fourth-order valence-corrected chi connectivity index (χ4v) is 7.54. The first kappa shape index (κ1) is 24.4. The third-order valence-corrected chi connectivity index (χ3v) is 9.24. The summed E-state index contributed by atoms with van der Waals surface area (Å²) in [7, 11) is 0. The first-order chi connectivity index (χ1) is 16.4. The predicted octanol–water partition coefficient (Wildman–Crippen LogP) is 0.384. The highest BCUT2D eigenvalue weighted by Crippen LogP contribution is 2.44. The maximum absolute atomic E-state index is 12.8. The third kappa shape index (κ3) is 5.01. The highest BCUT2D eigenvalue weighted by molar-refractivity contribution is 8.18. The van der Waals surface area contributed by atoms with Crippen LogP contribution in [0.5, 0.6) is 0 Å². The number of oxime groups is 1. The Morgan fingerprint density at radius 3 is 2.91 bits per heavy atom. The number of nitrogens with two attached hydrogens (primary N) is 1. The number of aromatic amines is 1. The molecular weight excluding hydrogens is 525 g/mol. The molecule has 0 aliphatic carbocycles. The molecule has 180 valence electrons. The van der Waals surface area contributed by atoms with Gasteiger partial charge in [-0.05, 0) is 5.75 Å². The molecule has 0 radical (unpaired) electrons. The normalized spacial score (nSPS) is 20.2. The Hall–Kier alpha value is -2.76. The molecule has 1 fully saturated rings. The molecule has 6 N–H and O–H groups in total. The Bertz CT molecular complexity index is 1150. The molecule has 1 saturated heterocycles. The van der Waals surface area contributed by atoms with Crippen LogP contribution in [0.15, 0.2) is 27.3 Å². The lowest BCUT2D eigenvalue weighted by Crippen LogP contribution is -2.71. The summed E-state index contributed by atoms with van der Waals surface area (Å²) in [5, 5.41) is 36.5. The van der Waals surface area contributed by atoms with Crippen molar-refractivity contribution in [2.24, 2.45) is 5.16 Å². The van der Waals surface area contributed by atoms with E-state index in [4.69, 9.17) is 5.73 Å². The molecule has 34 heavy (non-hydrogen) atoms. The van der Waals surface area contributed by atoms with Gasteiger partial charge in [0.05, 0.1) is 11.9 Å². The van der Waals surface area contributed by atoms with Gasteiger partial charge in [-0.3, -0.25) is 14.5 Å². The number of carboxylic acid groups (broad SMARTS) is 1. The molecule has 4 rings (SSSR count). The van der Waals surface area contributed by atoms with Gasteiger partial charge in [-0.2, -0.15) is 27.2 Å². The number of thioether (sulfide) groups is 3. The maximum Gasteiger partial charge on any atom is 0.353 e. The smallest absolute Gasteiger partial charge is 0.353 e. The molecule has 17 heteroatoms. The number of aliphatic carboxylic acids is 1. The number of amides is 2. The standard InChI is InChI=1S/C17H18N8O5S4/c18-17-20-8(4-33-17)10(23-30)13(26)21-11-14(27)25-12(16(28)29)9(5-32-15(11)25)34-6-31-2-1-7-3-19-24-22-7/h3-4,11,15,30H,1-2,5-6H2,(H2,18,20)(H,21,26)(H,28,29)(H,19,22,24)/b23-10-/t11-,15-/m1/s1. The number of aryl methyl sites for hydroxylation is 1. The molecular formula is C17H18N8O5S4. The van der Waals surface area contributed by atoms with Gasteiger partial charge < -0.3 is 21.4 Å². The molecule has 2 aromatic heterocycles. The molecule has 0 unspecified atom stereocenters. The lowest BCUT2D eigenvalue weighted by molar-refractivity contribution is -0.150. The van der Waals surface area contributed by atoms with Crippen molar-refractivity contribution >= 4 is 75.2 Å². The molecule has 0 aromatic carbocycles. The number of carbonyl (C=O) groups is 3. The van der Waals surface area contributed by atoms with E-state index in [9.17, 15) is 24.7 Å². The highest BCUT2D eigenvalue weighted by atomic mass is 32.2. The number of fused-ring (bicyclic) bond motifs is 1. The van der Waals surface area contributed by atoms with Crippen LogP contribution in [0.25, 0.3) is 0 Å². The first-order valence-electron chi connectivity index (χ1n) is 9.61. The van der Waals surface area contributed by atoms with Crippen LogP contribution in [-0.2, 0) is 20.8 Å².